The van der Waals surface area contributed by atoms with Gasteiger partial charge in [-0.1, -0.05) is 34.6 Å². The third-order valence-corrected chi connectivity index (χ3v) is 8.38. The van der Waals surface area contributed by atoms with Gasteiger partial charge in [-0.25, -0.2) is 14.8 Å². The van der Waals surface area contributed by atoms with Gasteiger partial charge in [-0.15, -0.1) is 11.3 Å². The van der Waals surface area contributed by atoms with Gasteiger partial charge in [0.15, 0.2) is 5.65 Å². The van der Waals surface area contributed by atoms with Crippen molar-refractivity contribution >= 4 is 28.4 Å². The zero-order chi connectivity index (χ0) is 25.7. The first-order valence-corrected chi connectivity index (χ1v) is 13.4. The molecule has 0 aromatic carbocycles. The van der Waals surface area contributed by atoms with Gasteiger partial charge in [-0.3, -0.25) is 13.9 Å². The normalized spacial score (nSPS) is 20.3. The number of aryl methyl sites for hydroxylation is 3. The molecule has 0 bridgehead atoms. The lowest BCUT2D eigenvalue weighted by Crippen LogP contribution is -2.48. The molecule has 2 unspecified atom stereocenters. The number of carbonyl (C=O) groups excluding carboxylic acids is 1. The van der Waals surface area contributed by atoms with Crippen molar-refractivity contribution in [3.05, 3.63) is 43.9 Å². The highest BCUT2D eigenvalue weighted by Crippen LogP contribution is 2.42. The highest BCUT2D eigenvalue weighted by molar-refractivity contribution is 7.11. The predicted octanol–water partition coefficient (Wildman–Crippen LogP) is 4.88. The molecule has 1 N–H and O–H groups in total. The van der Waals surface area contributed by atoms with Gasteiger partial charge in [0.05, 0.1) is 22.6 Å². The molecule has 1 saturated carbocycles. The minimum Gasteiger partial charge on any atom is -0.352 e. The predicted molar refractivity (Wildman–Crippen MR) is 142 cm³/mol. The summed E-state index contributed by atoms with van der Waals surface area (Å²) < 4.78 is 3.50. The van der Waals surface area contributed by atoms with E-state index in [0.29, 0.717) is 13.0 Å². The molecule has 1 fully saturated rings. The molecule has 1 amide bonds. The Bertz CT molecular complexity index is 1310. The summed E-state index contributed by atoms with van der Waals surface area (Å²) in [7, 11) is 1.80. The third kappa shape index (κ3) is 5.37. The van der Waals surface area contributed by atoms with Gasteiger partial charge >= 0.3 is 5.69 Å². The Hall–Kier alpha value is -2.48. The van der Waals surface area contributed by atoms with Crippen LogP contribution in [0.4, 0.5) is 0 Å². The molecule has 0 spiro atoms. The molecule has 7 nitrogen and oxygen atoms in total. The molecule has 1 aliphatic rings. The first-order chi connectivity index (χ1) is 16.2. The van der Waals surface area contributed by atoms with Crippen LogP contribution in [0.1, 0.15) is 81.1 Å². The van der Waals surface area contributed by atoms with Gasteiger partial charge in [0, 0.05) is 36.1 Å². The first kappa shape index (κ1) is 25.6. The summed E-state index contributed by atoms with van der Waals surface area (Å²) in [6, 6.07) is 4.19. The summed E-state index contributed by atoms with van der Waals surface area (Å²) >= 11 is 1.60. The van der Waals surface area contributed by atoms with Crippen molar-refractivity contribution in [3.8, 4) is 0 Å². The van der Waals surface area contributed by atoms with Gasteiger partial charge in [-0.05, 0) is 56.1 Å². The van der Waals surface area contributed by atoms with E-state index in [0.717, 1.165) is 51.7 Å². The second kappa shape index (κ2) is 9.19. The van der Waals surface area contributed by atoms with E-state index in [1.807, 2.05) is 24.5 Å². The highest BCUT2D eigenvalue weighted by atomic mass is 32.1. The minimum absolute atomic E-state index is 0.00638. The molecule has 4 rings (SSSR count). The summed E-state index contributed by atoms with van der Waals surface area (Å²) in [5.74, 6) is 0.298. The van der Waals surface area contributed by atoms with E-state index in [9.17, 15) is 9.59 Å². The van der Waals surface area contributed by atoms with Crippen molar-refractivity contribution < 1.29 is 4.79 Å². The fourth-order valence-electron chi connectivity index (χ4n) is 5.24. The lowest BCUT2D eigenvalue weighted by Gasteiger charge is -2.42. The van der Waals surface area contributed by atoms with Crippen LogP contribution in [-0.2, 0) is 24.8 Å². The Kier molecular flexibility index (Phi) is 6.72. The summed E-state index contributed by atoms with van der Waals surface area (Å²) in [5, 5.41) is 4.33. The highest BCUT2D eigenvalue weighted by Gasteiger charge is 2.38. The van der Waals surface area contributed by atoms with Crippen molar-refractivity contribution in [1.29, 1.82) is 0 Å². The third-order valence-electron chi connectivity index (χ3n) is 7.31. The summed E-state index contributed by atoms with van der Waals surface area (Å²) in [6.07, 6.45) is 3.24. The van der Waals surface area contributed by atoms with E-state index in [4.69, 9.17) is 4.98 Å². The Morgan fingerprint density at radius 3 is 2.57 bits per heavy atom. The molecule has 0 radical (unpaired) electrons. The number of nitrogens with one attached hydrogen (secondary N) is 1. The van der Waals surface area contributed by atoms with E-state index in [1.54, 1.807) is 23.0 Å². The lowest BCUT2D eigenvalue weighted by atomic mass is 9.68. The number of rotatable bonds is 5. The molecule has 0 saturated heterocycles. The summed E-state index contributed by atoms with van der Waals surface area (Å²) in [6.45, 7) is 15.5. The first-order valence-electron chi connectivity index (χ1n) is 12.5. The van der Waals surface area contributed by atoms with Crippen LogP contribution in [-0.4, -0.2) is 31.1 Å². The van der Waals surface area contributed by atoms with Crippen LogP contribution >= 0.6 is 11.3 Å². The van der Waals surface area contributed by atoms with E-state index in [1.165, 1.54) is 0 Å². The van der Waals surface area contributed by atoms with Gasteiger partial charge in [-0.2, -0.15) is 0 Å². The van der Waals surface area contributed by atoms with Crippen LogP contribution in [0.5, 0.6) is 0 Å². The maximum absolute atomic E-state index is 13.0. The van der Waals surface area contributed by atoms with Crippen LogP contribution in [0, 0.1) is 24.7 Å². The largest absolute Gasteiger partial charge is 0.352 e. The Balaban J connectivity index is 1.55. The zero-order valence-corrected chi connectivity index (χ0v) is 23.2. The molecule has 2 atom stereocenters. The number of amides is 1. The quantitative estimate of drug-likeness (QED) is 0.545. The standard InChI is InChI=1S/C27H39N5O2S/c1-16-21(35-17(2)28-16)14-23(33)30-22-13-18(11-12-27(22,6)7)19-9-10-20-24(29-19)31(8)25(34)32(20)15-26(3,4)5/h9-10,18,22H,11-15H2,1-8H3,(H,30,33). The summed E-state index contributed by atoms with van der Waals surface area (Å²) in [4.78, 5) is 36.4. The average Bonchev–Trinajstić information content (AvgIpc) is 3.18. The smallest absolute Gasteiger partial charge is 0.330 e. The molecular weight excluding hydrogens is 458 g/mol. The molecule has 0 aliphatic heterocycles. The molecule has 3 aromatic heterocycles. The SMILES string of the molecule is Cc1nc(C)c(CC(=O)NC2CC(c3ccc4c(n3)n(C)c(=O)n4CC(C)(C)C)CCC2(C)C)s1. The number of hydrogen-bond donors (Lipinski definition) is 1. The van der Waals surface area contributed by atoms with Gasteiger partial charge < -0.3 is 5.32 Å². The Morgan fingerprint density at radius 2 is 1.94 bits per heavy atom. The van der Waals surface area contributed by atoms with Crippen LogP contribution in [0.25, 0.3) is 11.2 Å². The zero-order valence-electron chi connectivity index (χ0n) is 22.4. The number of carbonyl (C=O) groups is 1. The van der Waals surface area contributed by atoms with E-state index in [-0.39, 0.29) is 34.4 Å². The molecule has 1 aliphatic carbocycles. The lowest BCUT2D eigenvalue weighted by molar-refractivity contribution is -0.122. The van der Waals surface area contributed by atoms with Crippen molar-refractivity contribution in [2.45, 2.75) is 92.7 Å². The van der Waals surface area contributed by atoms with E-state index < -0.39 is 0 Å². The Morgan fingerprint density at radius 1 is 1.23 bits per heavy atom. The Labute approximate surface area is 212 Å². The van der Waals surface area contributed by atoms with Crippen molar-refractivity contribution in [2.75, 3.05) is 0 Å². The maximum Gasteiger partial charge on any atom is 0.330 e. The van der Waals surface area contributed by atoms with E-state index in [2.05, 4.69) is 51.0 Å². The number of thiazole rings is 1. The fourth-order valence-corrected chi connectivity index (χ4v) is 6.17. The van der Waals surface area contributed by atoms with Crippen molar-refractivity contribution in [3.63, 3.8) is 0 Å². The maximum atomic E-state index is 13.0. The number of hydrogen-bond acceptors (Lipinski definition) is 5. The van der Waals surface area contributed by atoms with Gasteiger partial charge in [0.1, 0.15) is 0 Å². The average molecular weight is 498 g/mol. The summed E-state index contributed by atoms with van der Waals surface area (Å²) in [5.41, 5.74) is 3.55. The molecule has 190 valence electrons. The van der Waals surface area contributed by atoms with Crippen LogP contribution < -0.4 is 11.0 Å². The number of pyridine rings is 1. The molecule has 3 aromatic rings. The number of aromatic nitrogens is 4. The number of fused-ring (bicyclic) bond motifs is 1. The molecule has 3 heterocycles. The number of imidazole rings is 1. The van der Waals surface area contributed by atoms with Crippen molar-refractivity contribution in [2.24, 2.45) is 17.9 Å². The van der Waals surface area contributed by atoms with Gasteiger partial charge in [0.2, 0.25) is 5.91 Å². The second-order valence-electron chi connectivity index (χ2n) is 12.1. The topological polar surface area (TPSA) is 81.8 Å². The minimum atomic E-state index is -0.0249. The molecule has 8 heteroatoms. The van der Waals surface area contributed by atoms with Crippen LogP contribution in [0.2, 0.25) is 0 Å². The van der Waals surface area contributed by atoms with E-state index >= 15 is 0 Å². The molecular formula is C27H39N5O2S. The molecule has 35 heavy (non-hydrogen) atoms. The van der Waals surface area contributed by atoms with Crippen LogP contribution in [0.3, 0.4) is 0 Å². The van der Waals surface area contributed by atoms with Crippen molar-refractivity contribution in [1.82, 2.24) is 24.4 Å². The number of nitrogens with zero attached hydrogens (tertiary/aromatic N) is 4. The fraction of sp³-hybridized carbons (Fsp3) is 0.630. The monoisotopic (exact) mass is 497 g/mol. The van der Waals surface area contributed by atoms with Crippen LogP contribution in [0.15, 0.2) is 16.9 Å². The second-order valence-corrected chi connectivity index (χ2v) is 13.4. The van der Waals surface area contributed by atoms with Gasteiger partial charge in [0.25, 0.3) is 0 Å².